The van der Waals surface area contributed by atoms with Gasteiger partial charge in [0.1, 0.15) is 11.9 Å². The van der Waals surface area contributed by atoms with Crippen LogP contribution in [0.1, 0.15) is 23.0 Å². The van der Waals surface area contributed by atoms with E-state index in [0.717, 1.165) is 29.0 Å². The highest BCUT2D eigenvalue weighted by Crippen LogP contribution is 2.31. The SMILES string of the molecule is Cn1c(CNC(C(=O)Nc2cccc(C(F)(F)F)c2)c2ccccc2)nc2ccccc21. The number of halogens is 3. The van der Waals surface area contributed by atoms with Gasteiger partial charge in [-0.15, -0.1) is 0 Å². The second kappa shape index (κ2) is 8.84. The third kappa shape index (κ3) is 4.65. The molecule has 1 unspecified atom stereocenters. The smallest absolute Gasteiger partial charge is 0.330 e. The molecule has 0 saturated carbocycles. The number of aromatic nitrogens is 2. The topological polar surface area (TPSA) is 59.0 Å². The van der Waals surface area contributed by atoms with E-state index in [0.29, 0.717) is 12.1 Å². The molecule has 1 amide bonds. The lowest BCUT2D eigenvalue weighted by Gasteiger charge is -2.19. The summed E-state index contributed by atoms with van der Waals surface area (Å²) < 4.78 is 41.0. The summed E-state index contributed by atoms with van der Waals surface area (Å²) in [4.78, 5) is 17.7. The Labute approximate surface area is 182 Å². The van der Waals surface area contributed by atoms with Crippen LogP contribution < -0.4 is 10.6 Å². The molecule has 0 saturated heterocycles. The van der Waals surface area contributed by atoms with Crippen LogP contribution in [0.25, 0.3) is 11.0 Å². The van der Waals surface area contributed by atoms with Gasteiger partial charge in [-0.3, -0.25) is 10.1 Å². The molecular weight excluding hydrogens is 417 g/mol. The number of benzene rings is 3. The van der Waals surface area contributed by atoms with Crippen LogP contribution in [0, 0.1) is 0 Å². The van der Waals surface area contributed by atoms with E-state index in [1.54, 1.807) is 24.3 Å². The number of rotatable bonds is 6. The maximum atomic E-state index is 13.1. The fourth-order valence-electron chi connectivity index (χ4n) is 3.54. The van der Waals surface area contributed by atoms with Crippen molar-refractivity contribution in [1.29, 1.82) is 0 Å². The van der Waals surface area contributed by atoms with Gasteiger partial charge in [0.05, 0.1) is 23.1 Å². The van der Waals surface area contributed by atoms with E-state index in [1.807, 2.05) is 41.9 Å². The van der Waals surface area contributed by atoms with Gasteiger partial charge in [-0.2, -0.15) is 13.2 Å². The summed E-state index contributed by atoms with van der Waals surface area (Å²) in [6, 6.07) is 20.5. The second-order valence-corrected chi connectivity index (χ2v) is 7.37. The van der Waals surface area contributed by atoms with E-state index in [1.165, 1.54) is 12.1 Å². The number of imidazole rings is 1. The van der Waals surface area contributed by atoms with Crippen molar-refractivity contribution < 1.29 is 18.0 Å². The number of carbonyl (C=O) groups is 1. The predicted molar refractivity (Wildman–Crippen MR) is 117 cm³/mol. The third-order valence-corrected chi connectivity index (χ3v) is 5.20. The minimum absolute atomic E-state index is 0.0790. The lowest BCUT2D eigenvalue weighted by molar-refractivity contribution is -0.137. The Kier molecular flexibility index (Phi) is 5.96. The maximum absolute atomic E-state index is 13.1. The van der Waals surface area contributed by atoms with Crippen LogP contribution in [0.5, 0.6) is 0 Å². The molecule has 0 aliphatic rings. The fraction of sp³-hybridized carbons (Fsp3) is 0.167. The summed E-state index contributed by atoms with van der Waals surface area (Å²) >= 11 is 0. The molecule has 1 atom stereocenters. The first-order valence-electron chi connectivity index (χ1n) is 10.00. The van der Waals surface area contributed by atoms with Gasteiger partial charge in [0.2, 0.25) is 5.91 Å². The number of nitrogens with zero attached hydrogens (tertiary/aromatic N) is 2. The number of alkyl halides is 3. The Balaban J connectivity index is 1.57. The summed E-state index contributed by atoms with van der Waals surface area (Å²) in [5.74, 6) is 0.272. The number of carbonyl (C=O) groups excluding carboxylic acids is 1. The van der Waals surface area contributed by atoms with Crippen LogP contribution in [0.4, 0.5) is 18.9 Å². The molecule has 32 heavy (non-hydrogen) atoms. The molecule has 0 radical (unpaired) electrons. The van der Waals surface area contributed by atoms with Crippen molar-refractivity contribution in [2.45, 2.75) is 18.8 Å². The average molecular weight is 438 g/mol. The van der Waals surface area contributed by atoms with Gasteiger partial charge < -0.3 is 9.88 Å². The predicted octanol–water partition coefficient (Wildman–Crippen LogP) is 5.06. The van der Waals surface area contributed by atoms with E-state index in [2.05, 4.69) is 15.6 Å². The molecule has 0 aliphatic heterocycles. The van der Waals surface area contributed by atoms with Crippen LogP contribution in [0.2, 0.25) is 0 Å². The molecule has 5 nitrogen and oxygen atoms in total. The number of para-hydroxylation sites is 2. The highest BCUT2D eigenvalue weighted by atomic mass is 19.4. The molecule has 1 aromatic heterocycles. The van der Waals surface area contributed by atoms with Crippen LogP contribution in [-0.4, -0.2) is 15.5 Å². The minimum Gasteiger partial charge on any atom is -0.330 e. The van der Waals surface area contributed by atoms with Gasteiger partial charge >= 0.3 is 6.18 Å². The van der Waals surface area contributed by atoms with E-state index in [4.69, 9.17) is 0 Å². The highest BCUT2D eigenvalue weighted by molar-refractivity contribution is 5.95. The maximum Gasteiger partial charge on any atom is 0.416 e. The van der Waals surface area contributed by atoms with Crippen molar-refractivity contribution in [2.24, 2.45) is 7.05 Å². The molecule has 0 aliphatic carbocycles. The van der Waals surface area contributed by atoms with Gasteiger partial charge in [0.25, 0.3) is 0 Å². The molecule has 2 N–H and O–H groups in total. The Morgan fingerprint density at radius 2 is 1.72 bits per heavy atom. The monoisotopic (exact) mass is 438 g/mol. The normalized spacial score (nSPS) is 12.6. The largest absolute Gasteiger partial charge is 0.416 e. The van der Waals surface area contributed by atoms with Gasteiger partial charge in [0.15, 0.2) is 0 Å². The summed E-state index contributed by atoms with van der Waals surface area (Å²) in [7, 11) is 1.90. The average Bonchev–Trinajstić information content (AvgIpc) is 3.10. The molecule has 0 spiro atoms. The Hall–Kier alpha value is -3.65. The van der Waals surface area contributed by atoms with Crippen LogP contribution >= 0.6 is 0 Å². The zero-order valence-corrected chi connectivity index (χ0v) is 17.2. The first-order chi connectivity index (χ1) is 15.3. The van der Waals surface area contributed by atoms with E-state index >= 15 is 0 Å². The van der Waals surface area contributed by atoms with Crippen molar-refractivity contribution in [3.63, 3.8) is 0 Å². The standard InChI is InChI=1S/C24H21F3N4O/c1-31-20-13-6-5-12-19(20)30-21(31)15-28-22(16-8-3-2-4-9-16)23(32)29-18-11-7-10-17(14-18)24(25,26)27/h2-14,22,28H,15H2,1H3,(H,29,32). The molecule has 8 heteroatoms. The lowest BCUT2D eigenvalue weighted by atomic mass is 10.1. The third-order valence-electron chi connectivity index (χ3n) is 5.20. The quantitative estimate of drug-likeness (QED) is 0.442. The molecule has 1 heterocycles. The van der Waals surface area contributed by atoms with Crippen molar-refractivity contribution in [2.75, 3.05) is 5.32 Å². The second-order valence-electron chi connectivity index (χ2n) is 7.37. The first kappa shape index (κ1) is 21.6. The number of amides is 1. The number of nitrogens with one attached hydrogen (secondary N) is 2. The Morgan fingerprint density at radius 3 is 2.44 bits per heavy atom. The summed E-state index contributed by atoms with van der Waals surface area (Å²) in [6.07, 6.45) is -4.49. The molecular formula is C24H21F3N4O. The summed E-state index contributed by atoms with van der Waals surface area (Å²) in [5.41, 5.74) is 1.76. The van der Waals surface area contributed by atoms with Crippen molar-refractivity contribution in [1.82, 2.24) is 14.9 Å². The number of anilines is 1. The number of hydrogen-bond acceptors (Lipinski definition) is 3. The van der Waals surface area contributed by atoms with Gasteiger partial charge in [-0.1, -0.05) is 48.5 Å². The first-order valence-corrected chi connectivity index (χ1v) is 10.00. The fourth-order valence-corrected chi connectivity index (χ4v) is 3.54. The number of aryl methyl sites for hydroxylation is 1. The number of hydrogen-bond donors (Lipinski definition) is 2. The Morgan fingerprint density at radius 1 is 1.00 bits per heavy atom. The lowest BCUT2D eigenvalue weighted by Crippen LogP contribution is -2.33. The van der Waals surface area contributed by atoms with Crippen LogP contribution in [0.15, 0.2) is 78.9 Å². The highest BCUT2D eigenvalue weighted by Gasteiger charge is 2.31. The van der Waals surface area contributed by atoms with Crippen molar-refractivity contribution in [3.8, 4) is 0 Å². The van der Waals surface area contributed by atoms with Crippen molar-refractivity contribution in [3.05, 3.63) is 95.8 Å². The van der Waals surface area contributed by atoms with Gasteiger partial charge in [-0.25, -0.2) is 4.98 Å². The number of fused-ring (bicyclic) bond motifs is 1. The van der Waals surface area contributed by atoms with Crippen LogP contribution in [0.3, 0.4) is 0 Å². The molecule has 164 valence electrons. The summed E-state index contributed by atoms with van der Waals surface area (Å²) in [5, 5.41) is 5.80. The van der Waals surface area contributed by atoms with E-state index in [9.17, 15) is 18.0 Å². The molecule has 4 aromatic rings. The molecule has 4 rings (SSSR count). The van der Waals surface area contributed by atoms with Gasteiger partial charge in [-0.05, 0) is 35.9 Å². The summed E-state index contributed by atoms with van der Waals surface area (Å²) in [6.45, 7) is 0.292. The Bertz CT molecular complexity index is 1230. The van der Waals surface area contributed by atoms with Crippen molar-refractivity contribution >= 4 is 22.6 Å². The van der Waals surface area contributed by atoms with Gasteiger partial charge in [0, 0.05) is 12.7 Å². The molecule has 0 bridgehead atoms. The zero-order valence-electron chi connectivity index (χ0n) is 17.2. The van der Waals surface area contributed by atoms with E-state index in [-0.39, 0.29) is 5.69 Å². The minimum atomic E-state index is -4.49. The zero-order chi connectivity index (χ0) is 22.7. The molecule has 3 aromatic carbocycles. The van der Waals surface area contributed by atoms with Crippen LogP contribution in [-0.2, 0) is 24.6 Å². The van der Waals surface area contributed by atoms with E-state index < -0.39 is 23.7 Å². The molecule has 0 fully saturated rings.